The third-order valence-corrected chi connectivity index (χ3v) is 1.21. The number of rotatable bonds is 1. The quantitative estimate of drug-likeness (QED) is 0.666. The monoisotopic (exact) mass is 182 g/mol. The van der Waals surface area contributed by atoms with E-state index in [2.05, 4.69) is 11.4 Å². The van der Waals surface area contributed by atoms with Crippen molar-refractivity contribution in [3.63, 3.8) is 0 Å². The van der Waals surface area contributed by atoms with Gasteiger partial charge in [-0.25, -0.2) is 5.26 Å². The smallest absolute Gasteiger partial charge is 0.0307 e. The molecule has 0 amide bonds. The van der Waals surface area contributed by atoms with Gasteiger partial charge in [0.15, 0.2) is 0 Å². The third kappa shape index (κ3) is 2.67. The van der Waals surface area contributed by atoms with Gasteiger partial charge in [-0.05, 0) is 0 Å². The molecule has 1 aromatic rings. The number of anilines is 1. The number of hydrogen-bond acceptors (Lipinski definition) is 2. The Morgan fingerprint density at radius 1 is 1.55 bits per heavy atom. The Kier molecular flexibility index (Phi) is 4.44. The van der Waals surface area contributed by atoms with Gasteiger partial charge in [0.25, 0.3) is 0 Å². The van der Waals surface area contributed by atoms with Crippen LogP contribution in [0.2, 0.25) is 0 Å². The van der Waals surface area contributed by atoms with Gasteiger partial charge >= 0.3 is 0 Å². The van der Waals surface area contributed by atoms with Gasteiger partial charge in [-0.15, -0.1) is 6.07 Å². The number of benzene rings is 1. The summed E-state index contributed by atoms with van der Waals surface area (Å²) in [7, 11) is 1.82. The van der Waals surface area contributed by atoms with Crippen molar-refractivity contribution in [2.45, 2.75) is 0 Å². The van der Waals surface area contributed by atoms with E-state index in [-0.39, 0.29) is 18.6 Å². The molecule has 2 nitrogen and oxygen atoms in total. The van der Waals surface area contributed by atoms with E-state index in [4.69, 9.17) is 5.26 Å². The second-order valence-corrected chi connectivity index (χ2v) is 1.85. The van der Waals surface area contributed by atoms with E-state index in [1.54, 1.807) is 12.1 Å². The van der Waals surface area contributed by atoms with Gasteiger partial charge in [-0.1, -0.05) is 11.3 Å². The predicted octanol–water partition coefficient (Wildman–Crippen LogP) is 1.40. The Hall–Kier alpha value is -0.906. The molecule has 0 saturated heterocycles. The predicted molar refractivity (Wildman–Crippen MR) is 39.5 cm³/mol. The minimum Gasteiger partial charge on any atom is -0.410 e. The van der Waals surface area contributed by atoms with Crippen LogP contribution in [0.4, 0.5) is 5.69 Å². The van der Waals surface area contributed by atoms with Crippen LogP contribution in [0.15, 0.2) is 18.2 Å². The van der Waals surface area contributed by atoms with Crippen molar-refractivity contribution in [2.75, 3.05) is 12.4 Å². The summed E-state index contributed by atoms with van der Waals surface area (Å²) in [5.41, 5.74) is 1.54. The maximum Gasteiger partial charge on any atom is 0.0307 e. The zero-order valence-corrected chi connectivity index (χ0v) is 7.52. The van der Waals surface area contributed by atoms with Crippen LogP contribution in [-0.4, -0.2) is 7.05 Å². The number of nitriles is 1. The first-order valence-corrected chi connectivity index (χ1v) is 2.96. The minimum atomic E-state index is 0. The van der Waals surface area contributed by atoms with Gasteiger partial charge in [0.2, 0.25) is 0 Å². The summed E-state index contributed by atoms with van der Waals surface area (Å²) in [4.78, 5) is 0. The minimum absolute atomic E-state index is 0. The summed E-state index contributed by atoms with van der Waals surface area (Å²) in [5, 5.41) is 11.3. The molecule has 0 fully saturated rings. The number of nitrogens with one attached hydrogen (secondary N) is 1. The molecule has 0 spiro atoms. The van der Waals surface area contributed by atoms with Crippen LogP contribution in [-0.2, 0) is 18.6 Å². The van der Waals surface area contributed by atoms with Crippen molar-refractivity contribution >= 4 is 5.69 Å². The molecule has 0 aliphatic rings. The molecule has 11 heavy (non-hydrogen) atoms. The Morgan fingerprint density at radius 3 is 2.64 bits per heavy atom. The van der Waals surface area contributed by atoms with Gasteiger partial charge in [0.1, 0.15) is 0 Å². The van der Waals surface area contributed by atoms with Crippen LogP contribution in [0.5, 0.6) is 0 Å². The van der Waals surface area contributed by atoms with Gasteiger partial charge in [-0.2, -0.15) is 18.2 Å². The molecule has 3 heteroatoms. The molecular weight excluding hydrogens is 175 g/mol. The van der Waals surface area contributed by atoms with Crippen molar-refractivity contribution in [1.82, 2.24) is 0 Å². The summed E-state index contributed by atoms with van der Waals surface area (Å²) in [6.45, 7) is 0. The fourth-order valence-corrected chi connectivity index (χ4v) is 0.650. The summed E-state index contributed by atoms with van der Waals surface area (Å²) in [6.07, 6.45) is 0. The Labute approximate surface area is 78.1 Å². The average Bonchev–Trinajstić information content (AvgIpc) is 2.05. The van der Waals surface area contributed by atoms with Crippen molar-refractivity contribution < 1.29 is 18.6 Å². The van der Waals surface area contributed by atoms with E-state index in [1.165, 1.54) is 0 Å². The largest absolute Gasteiger partial charge is 0.410 e. The summed E-state index contributed by atoms with van der Waals surface area (Å²) < 4.78 is 0. The van der Waals surface area contributed by atoms with E-state index in [9.17, 15) is 0 Å². The standard InChI is InChI=1S/C8H7N2.V/c1-10-8-4-2-7(6-9)3-5-8;/h2-4,10H,1H3;/q-1;. The van der Waals surface area contributed by atoms with Crippen LogP contribution in [0.1, 0.15) is 5.56 Å². The first-order chi connectivity index (χ1) is 4.86. The molecule has 0 aliphatic heterocycles. The van der Waals surface area contributed by atoms with Crippen LogP contribution >= 0.6 is 0 Å². The molecule has 0 aromatic heterocycles. The van der Waals surface area contributed by atoms with Gasteiger partial charge in [0.05, 0.1) is 0 Å². The van der Waals surface area contributed by atoms with Crippen molar-refractivity contribution in [1.29, 1.82) is 5.26 Å². The third-order valence-electron chi connectivity index (χ3n) is 1.21. The number of nitrogens with zero attached hydrogens (tertiary/aromatic N) is 1. The normalized spacial score (nSPS) is 7.64. The van der Waals surface area contributed by atoms with Crippen LogP contribution in [0, 0.1) is 17.4 Å². The second kappa shape index (κ2) is 4.84. The summed E-state index contributed by atoms with van der Waals surface area (Å²) in [6, 6.07) is 10.2. The molecule has 1 aromatic carbocycles. The molecule has 1 rings (SSSR count). The zero-order chi connectivity index (χ0) is 7.40. The van der Waals surface area contributed by atoms with E-state index < -0.39 is 0 Å². The maximum absolute atomic E-state index is 8.41. The van der Waals surface area contributed by atoms with Crippen molar-refractivity contribution in [3.05, 3.63) is 29.8 Å². The molecule has 55 valence electrons. The van der Waals surface area contributed by atoms with E-state index in [0.717, 1.165) is 5.69 Å². The van der Waals surface area contributed by atoms with Gasteiger partial charge in [0, 0.05) is 31.7 Å². The molecule has 0 atom stereocenters. The molecule has 0 saturated carbocycles. The van der Waals surface area contributed by atoms with E-state index in [1.807, 2.05) is 19.2 Å². The number of hydrogen-bond donors (Lipinski definition) is 1. The first-order valence-electron chi connectivity index (χ1n) is 2.96. The molecule has 0 aliphatic carbocycles. The van der Waals surface area contributed by atoms with Crippen LogP contribution in [0.25, 0.3) is 0 Å². The fraction of sp³-hybridized carbons (Fsp3) is 0.125. The Morgan fingerprint density at radius 2 is 2.27 bits per heavy atom. The maximum atomic E-state index is 8.41. The molecule has 1 N–H and O–H groups in total. The summed E-state index contributed by atoms with van der Waals surface area (Å²) >= 11 is 0. The fourth-order valence-electron chi connectivity index (χ4n) is 0.650. The van der Waals surface area contributed by atoms with E-state index >= 15 is 0 Å². The molecular formula is C8H7N2V-. The van der Waals surface area contributed by atoms with Gasteiger partial charge < -0.3 is 5.32 Å². The SMILES string of the molecule is CNc1[c-]cc(C#N)cc1.[V]. The van der Waals surface area contributed by atoms with Crippen LogP contribution < -0.4 is 5.32 Å². The molecule has 0 unspecified atom stereocenters. The Bertz CT molecular complexity index is 248. The van der Waals surface area contributed by atoms with E-state index in [0.29, 0.717) is 5.56 Å². The first kappa shape index (κ1) is 10.1. The zero-order valence-electron chi connectivity index (χ0n) is 6.13. The molecule has 1 radical (unpaired) electrons. The van der Waals surface area contributed by atoms with Crippen LogP contribution in [0.3, 0.4) is 0 Å². The van der Waals surface area contributed by atoms with Crippen molar-refractivity contribution in [3.8, 4) is 6.07 Å². The molecule has 0 bridgehead atoms. The summed E-state index contributed by atoms with van der Waals surface area (Å²) in [5.74, 6) is 0. The van der Waals surface area contributed by atoms with Crippen molar-refractivity contribution in [2.24, 2.45) is 0 Å². The molecule has 0 heterocycles. The van der Waals surface area contributed by atoms with Gasteiger partial charge in [-0.3, -0.25) is 0 Å². The average molecular weight is 182 g/mol. The Balaban J connectivity index is 0.000001000. The topological polar surface area (TPSA) is 35.8 Å². The second-order valence-electron chi connectivity index (χ2n) is 1.85.